The van der Waals surface area contributed by atoms with Gasteiger partial charge in [-0.1, -0.05) is 149 Å². The SMILES string of the molecule is [2H]c1c([2H])c([2H])c(-c2cccc(-c3c([2H])c([2H])c([2H])c([2H])c3[2H])c2-[n+]2[c-]n(-c3[c-]c(Oc4[c-]c5c(cc4)c4cc(C(C)(C)C)ccc4n5-c4cc(C([2H])(CC)CC)ccn4)ccc3)c3cccc(C)c32)c([2H])c1[2H].[Pt]. The number of benzene rings is 7. The minimum Gasteiger partial charge on any atom is -0.510 e. The molecule has 0 radical (unpaired) electrons. The van der Waals surface area contributed by atoms with E-state index in [2.05, 4.69) is 62.0 Å². The van der Waals surface area contributed by atoms with Crippen molar-refractivity contribution in [3.05, 3.63) is 199 Å². The predicted molar refractivity (Wildman–Crippen MR) is 258 cm³/mol. The molecular weight excluding hydrogens is 964 g/mol. The molecule has 320 valence electrons. The van der Waals surface area contributed by atoms with Crippen molar-refractivity contribution in [3.8, 4) is 50.9 Å². The molecular formula is C58H50N4OPt-2. The molecule has 10 aromatic rings. The average Bonchev–Trinajstić information content (AvgIpc) is 3.95. The molecule has 0 aliphatic heterocycles. The first kappa shape index (κ1) is 31.3. The van der Waals surface area contributed by atoms with Gasteiger partial charge in [0.05, 0.1) is 30.4 Å². The predicted octanol–water partition coefficient (Wildman–Crippen LogP) is 14.4. The molecule has 7 aromatic carbocycles. The summed E-state index contributed by atoms with van der Waals surface area (Å²) in [4.78, 5) is 4.85. The van der Waals surface area contributed by atoms with Gasteiger partial charge in [0.1, 0.15) is 5.82 Å². The Morgan fingerprint density at radius 2 is 1.41 bits per heavy atom. The number of nitrogens with zero attached hydrogens (tertiary/aromatic N) is 4. The van der Waals surface area contributed by atoms with Gasteiger partial charge >= 0.3 is 0 Å². The largest absolute Gasteiger partial charge is 0.510 e. The zero-order valence-electron chi connectivity index (χ0n) is 47.2. The number of aryl methyl sites for hydroxylation is 1. The molecule has 0 saturated carbocycles. The fraction of sp³-hybridized carbons (Fsp3) is 0.172. The fourth-order valence-electron chi connectivity index (χ4n) is 8.47. The number of hydrogen-bond acceptors (Lipinski definition) is 2. The zero-order chi connectivity index (χ0) is 52.9. The van der Waals surface area contributed by atoms with Gasteiger partial charge in [-0.3, -0.25) is 4.57 Å². The molecule has 64 heavy (non-hydrogen) atoms. The monoisotopic (exact) mass is 1020 g/mol. The molecule has 3 heterocycles. The molecule has 0 unspecified atom stereocenters. The van der Waals surface area contributed by atoms with E-state index >= 15 is 0 Å². The van der Waals surface area contributed by atoms with Crippen molar-refractivity contribution in [2.45, 2.75) is 65.7 Å². The molecule has 0 aliphatic rings. The minimum absolute atomic E-state index is 0. The Bertz CT molecular complexity index is 3810. The first-order valence-corrected chi connectivity index (χ1v) is 21.1. The van der Waals surface area contributed by atoms with Crippen LogP contribution in [0, 0.1) is 25.4 Å². The second-order valence-electron chi connectivity index (χ2n) is 16.5. The molecule has 3 aromatic heterocycles. The van der Waals surface area contributed by atoms with Crippen LogP contribution in [0.15, 0.2) is 164 Å². The van der Waals surface area contributed by atoms with E-state index in [4.69, 9.17) is 23.4 Å². The Balaban J connectivity index is 0.00000689. The Morgan fingerprint density at radius 3 is 2.09 bits per heavy atom. The van der Waals surface area contributed by atoms with Gasteiger partial charge in [0, 0.05) is 45.6 Å². The smallest absolute Gasteiger partial charge is 0.268 e. The Hall–Kier alpha value is -6.55. The van der Waals surface area contributed by atoms with E-state index in [1.807, 2.05) is 75.4 Å². The Kier molecular flexibility index (Phi) is 8.59. The van der Waals surface area contributed by atoms with Crippen molar-refractivity contribution < 1.29 is 45.4 Å². The van der Waals surface area contributed by atoms with Crippen LogP contribution in [-0.2, 0) is 26.5 Å². The van der Waals surface area contributed by atoms with Gasteiger partial charge < -0.3 is 13.9 Å². The van der Waals surface area contributed by atoms with Gasteiger partial charge in [0.25, 0.3) is 6.33 Å². The van der Waals surface area contributed by atoms with Crippen molar-refractivity contribution in [2.24, 2.45) is 0 Å². The standard InChI is InChI=1S/C58H50N4O.Pt/c1-7-40(8-2)43-32-33-59-55(34-43)62-52-31-28-44(58(4,5)6)35-51(52)50-30-29-47(37-54(50)62)63-46-24-16-23-45(36-46)60-38-61(56-39(3)18-15-27-53(56)60)57-48(41-19-11-9-12-20-41)25-17-26-49(57)42-21-13-10-14-22-42;/h9-35,40H,7-8H2,1-6H3;/q-2;/i9D,10D,11D,12D,13D,14D,19D,20D,21D,22D,40D;. The van der Waals surface area contributed by atoms with E-state index < -0.39 is 66.3 Å². The van der Waals surface area contributed by atoms with Crippen LogP contribution >= 0.6 is 0 Å². The number of aromatic nitrogens is 4. The second kappa shape index (κ2) is 17.5. The van der Waals surface area contributed by atoms with Crippen LogP contribution in [0.4, 0.5) is 0 Å². The molecule has 0 spiro atoms. The van der Waals surface area contributed by atoms with E-state index in [0.717, 1.165) is 32.9 Å². The summed E-state index contributed by atoms with van der Waals surface area (Å²) in [6.45, 7) is 12.5. The third kappa shape index (κ3) is 7.77. The van der Waals surface area contributed by atoms with Crippen molar-refractivity contribution >= 4 is 32.8 Å². The van der Waals surface area contributed by atoms with Crippen molar-refractivity contribution in [3.63, 3.8) is 0 Å². The van der Waals surface area contributed by atoms with Crippen LogP contribution in [0.5, 0.6) is 11.5 Å². The Labute approximate surface area is 406 Å². The van der Waals surface area contributed by atoms with E-state index in [1.54, 1.807) is 39.6 Å². The number of rotatable bonds is 10. The van der Waals surface area contributed by atoms with E-state index in [0.29, 0.717) is 46.9 Å². The summed E-state index contributed by atoms with van der Waals surface area (Å²) in [6.07, 6.45) is 6.49. The summed E-state index contributed by atoms with van der Waals surface area (Å²) in [7, 11) is 0. The average molecular weight is 1030 g/mol. The summed E-state index contributed by atoms with van der Waals surface area (Å²) in [5, 5.41) is 1.98. The topological polar surface area (TPSA) is 35.9 Å². The van der Waals surface area contributed by atoms with Gasteiger partial charge in [0.15, 0.2) is 0 Å². The maximum Gasteiger partial charge on any atom is 0.268 e. The maximum absolute atomic E-state index is 9.27. The fourth-order valence-corrected chi connectivity index (χ4v) is 8.47. The summed E-state index contributed by atoms with van der Waals surface area (Å²) in [5.41, 5.74) is 6.20. The summed E-state index contributed by atoms with van der Waals surface area (Å²) >= 11 is 0. The van der Waals surface area contributed by atoms with Crippen LogP contribution in [-0.4, -0.2) is 14.1 Å². The van der Waals surface area contributed by atoms with Gasteiger partial charge in [-0.2, -0.15) is 18.2 Å². The molecule has 6 heteroatoms. The third-order valence-corrected chi connectivity index (χ3v) is 11.6. The molecule has 10 rings (SSSR count). The van der Waals surface area contributed by atoms with Gasteiger partial charge in [-0.15, -0.1) is 29.7 Å². The molecule has 0 N–H and O–H groups in total. The van der Waals surface area contributed by atoms with Crippen LogP contribution in [0.3, 0.4) is 0 Å². The van der Waals surface area contributed by atoms with Gasteiger partial charge in [0.2, 0.25) is 0 Å². The number of hydrogen-bond donors (Lipinski definition) is 0. The number of ether oxygens (including phenoxy) is 1. The van der Waals surface area contributed by atoms with Crippen molar-refractivity contribution in [2.75, 3.05) is 0 Å². The van der Waals surface area contributed by atoms with Crippen LogP contribution in [0.2, 0.25) is 0 Å². The number of fused-ring (bicyclic) bond motifs is 4. The van der Waals surface area contributed by atoms with Crippen molar-refractivity contribution in [1.29, 1.82) is 0 Å². The first-order valence-electron chi connectivity index (χ1n) is 26.6. The summed E-state index contributed by atoms with van der Waals surface area (Å²) in [6, 6.07) is 31.7. The maximum atomic E-state index is 9.27. The molecule has 0 atom stereocenters. The van der Waals surface area contributed by atoms with Crippen LogP contribution in [0.1, 0.15) is 85.1 Å². The summed E-state index contributed by atoms with van der Waals surface area (Å²) in [5.74, 6) is 0.625. The normalized spacial score (nSPS) is 14.3. The number of imidazole rings is 1. The molecule has 5 nitrogen and oxygen atoms in total. The molecule has 0 bridgehead atoms. The van der Waals surface area contributed by atoms with E-state index in [-0.39, 0.29) is 54.4 Å². The first-order chi connectivity index (χ1) is 35.2. The minimum atomic E-state index is -0.782. The van der Waals surface area contributed by atoms with Crippen molar-refractivity contribution in [1.82, 2.24) is 14.1 Å². The molecule has 0 fully saturated rings. The summed E-state index contributed by atoms with van der Waals surface area (Å²) < 4.78 is 109. The quantitative estimate of drug-likeness (QED) is 0.101. The van der Waals surface area contributed by atoms with E-state index in [1.165, 1.54) is 5.56 Å². The number of para-hydroxylation sites is 2. The van der Waals surface area contributed by atoms with Gasteiger partial charge in [-0.05, 0) is 99.3 Å². The third-order valence-electron chi connectivity index (χ3n) is 11.6. The van der Waals surface area contributed by atoms with E-state index in [9.17, 15) is 1.37 Å². The van der Waals surface area contributed by atoms with Crippen LogP contribution < -0.4 is 9.30 Å². The van der Waals surface area contributed by atoms with Crippen LogP contribution in [0.25, 0.3) is 72.3 Å². The van der Waals surface area contributed by atoms with Gasteiger partial charge in [-0.25, -0.2) is 4.98 Å². The Morgan fingerprint density at radius 1 is 0.734 bits per heavy atom. The molecule has 0 saturated heterocycles. The molecule has 0 amide bonds. The second-order valence-corrected chi connectivity index (χ2v) is 16.5. The number of pyridine rings is 1. The zero-order valence-corrected chi connectivity index (χ0v) is 38.5. The molecule has 0 aliphatic carbocycles.